The smallest absolute Gasteiger partial charge is 0.0634 e. The van der Waals surface area contributed by atoms with Crippen molar-refractivity contribution in [2.75, 3.05) is 6.61 Å². The molecule has 1 saturated heterocycles. The van der Waals surface area contributed by atoms with E-state index in [-0.39, 0.29) is 0 Å². The first-order chi connectivity index (χ1) is 7.17. The molecule has 0 N–H and O–H groups in total. The van der Waals surface area contributed by atoms with E-state index in [1.807, 2.05) is 0 Å². The first kappa shape index (κ1) is 10.1. The Balaban J connectivity index is 1.96. The minimum Gasteiger partial charge on any atom is -0.377 e. The first-order valence-electron chi connectivity index (χ1n) is 6.78. The van der Waals surface area contributed by atoms with Gasteiger partial charge < -0.3 is 4.74 Å². The van der Waals surface area contributed by atoms with Crippen molar-refractivity contribution in [2.45, 2.75) is 64.9 Å². The van der Waals surface area contributed by atoms with Crippen LogP contribution in [0.25, 0.3) is 0 Å². The van der Waals surface area contributed by atoms with E-state index in [2.05, 4.69) is 13.8 Å². The Hall–Kier alpha value is -0.0400. The number of rotatable bonds is 0. The summed E-state index contributed by atoms with van der Waals surface area (Å²) >= 11 is 0. The average Bonchev–Trinajstić information content (AvgIpc) is 2.61. The molecule has 4 atom stereocenters. The molecule has 15 heavy (non-hydrogen) atoms. The van der Waals surface area contributed by atoms with Gasteiger partial charge in [-0.2, -0.15) is 0 Å². The molecule has 0 aromatic heterocycles. The fraction of sp³-hybridized carbons (Fsp3) is 1.00. The Kier molecular flexibility index (Phi) is 2.18. The molecule has 3 aliphatic rings. The van der Waals surface area contributed by atoms with Gasteiger partial charge in [0.25, 0.3) is 0 Å². The summed E-state index contributed by atoms with van der Waals surface area (Å²) in [5.74, 6) is 0.858. The lowest BCUT2D eigenvalue weighted by molar-refractivity contribution is -0.194. The molecule has 0 radical (unpaired) electrons. The third-order valence-corrected chi connectivity index (χ3v) is 6.08. The predicted octanol–water partition coefficient (Wildman–Crippen LogP) is 3.77. The largest absolute Gasteiger partial charge is 0.377 e. The lowest BCUT2D eigenvalue weighted by Crippen LogP contribution is -2.56. The van der Waals surface area contributed by atoms with Crippen LogP contribution < -0.4 is 0 Å². The van der Waals surface area contributed by atoms with Crippen LogP contribution >= 0.6 is 0 Å². The topological polar surface area (TPSA) is 9.23 Å². The number of fused-ring (bicyclic) bond motifs is 3. The highest BCUT2D eigenvalue weighted by Crippen LogP contribution is 2.63. The van der Waals surface area contributed by atoms with Crippen LogP contribution in [0, 0.1) is 16.7 Å². The molecular formula is C14H24O. The maximum absolute atomic E-state index is 6.16. The minimum atomic E-state index is 0.491. The highest BCUT2D eigenvalue weighted by molar-refractivity contribution is 5.07. The third kappa shape index (κ3) is 1.19. The molecule has 0 amide bonds. The molecule has 1 aliphatic heterocycles. The van der Waals surface area contributed by atoms with E-state index < -0.39 is 0 Å². The Bertz CT molecular complexity index is 262. The van der Waals surface area contributed by atoms with Crippen molar-refractivity contribution in [3.8, 4) is 0 Å². The van der Waals surface area contributed by atoms with Crippen LogP contribution in [0.2, 0.25) is 0 Å². The molecule has 1 nitrogen and oxygen atoms in total. The Labute approximate surface area is 93.6 Å². The fourth-order valence-electron chi connectivity index (χ4n) is 4.71. The quantitative estimate of drug-likeness (QED) is 0.589. The van der Waals surface area contributed by atoms with Gasteiger partial charge in [0.05, 0.1) is 12.7 Å². The monoisotopic (exact) mass is 208 g/mol. The van der Waals surface area contributed by atoms with E-state index in [4.69, 9.17) is 4.74 Å². The molecule has 1 heterocycles. The zero-order valence-electron chi connectivity index (χ0n) is 10.2. The molecule has 2 aliphatic carbocycles. The van der Waals surface area contributed by atoms with E-state index >= 15 is 0 Å². The van der Waals surface area contributed by atoms with Crippen molar-refractivity contribution in [2.24, 2.45) is 16.7 Å². The zero-order valence-corrected chi connectivity index (χ0v) is 10.2. The molecule has 0 aromatic carbocycles. The summed E-state index contributed by atoms with van der Waals surface area (Å²) in [6, 6.07) is 0. The van der Waals surface area contributed by atoms with Gasteiger partial charge in [-0.05, 0) is 42.4 Å². The van der Waals surface area contributed by atoms with Gasteiger partial charge in [0.1, 0.15) is 0 Å². The van der Waals surface area contributed by atoms with Crippen molar-refractivity contribution in [1.82, 2.24) is 0 Å². The van der Waals surface area contributed by atoms with Gasteiger partial charge in [-0.15, -0.1) is 0 Å². The van der Waals surface area contributed by atoms with Crippen LogP contribution in [0.1, 0.15) is 58.8 Å². The number of hydrogen-bond donors (Lipinski definition) is 0. The number of ether oxygens (including phenoxy) is 1. The van der Waals surface area contributed by atoms with Gasteiger partial charge in [-0.1, -0.05) is 33.1 Å². The maximum atomic E-state index is 6.16. The summed E-state index contributed by atoms with van der Waals surface area (Å²) in [7, 11) is 0. The van der Waals surface area contributed by atoms with E-state index in [0.717, 1.165) is 12.5 Å². The van der Waals surface area contributed by atoms with Gasteiger partial charge in [-0.3, -0.25) is 0 Å². The van der Waals surface area contributed by atoms with Crippen LogP contribution in [-0.4, -0.2) is 12.7 Å². The van der Waals surface area contributed by atoms with Gasteiger partial charge in [-0.25, -0.2) is 0 Å². The molecule has 86 valence electrons. The Morgan fingerprint density at radius 3 is 2.60 bits per heavy atom. The molecule has 0 unspecified atom stereocenters. The maximum Gasteiger partial charge on any atom is 0.0634 e. The van der Waals surface area contributed by atoms with Gasteiger partial charge >= 0.3 is 0 Å². The highest BCUT2D eigenvalue weighted by atomic mass is 16.5. The molecule has 1 heteroatoms. The van der Waals surface area contributed by atoms with Crippen molar-refractivity contribution in [1.29, 1.82) is 0 Å². The second kappa shape index (κ2) is 3.23. The number of hydrogen-bond acceptors (Lipinski definition) is 1. The summed E-state index contributed by atoms with van der Waals surface area (Å²) in [6.07, 6.45) is 10.4. The molecule has 0 aromatic rings. The summed E-state index contributed by atoms with van der Waals surface area (Å²) in [5, 5.41) is 0. The van der Waals surface area contributed by atoms with E-state index in [0.29, 0.717) is 16.9 Å². The highest BCUT2D eigenvalue weighted by Gasteiger charge is 2.58. The van der Waals surface area contributed by atoms with E-state index in [1.54, 1.807) is 0 Å². The van der Waals surface area contributed by atoms with Crippen LogP contribution in [0.15, 0.2) is 0 Å². The van der Waals surface area contributed by atoms with E-state index in [1.165, 1.54) is 44.9 Å². The SMILES string of the molecule is C[C@]12CCC[C@H]1CO[C@@H]1CCCC[C@@]12C. The lowest BCUT2D eigenvalue weighted by atomic mass is 9.52. The average molecular weight is 208 g/mol. The van der Waals surface area contributed by atoms with Crippen molar-refractivity contribution in [3.63, 3.8) is 0 Å². The van der Waals surface area contributed by atoms with Crippen LogP contribution in [0.5, 0.6) is 0 Å². The summed E-state index contributed by atoms with van der Waals surface area (Å²) < 4.78 is 6.16. The predicted molar refractivity (Wildman–Crippen MR) is 61.8 cm³/mol. The molecule has 3 fully saturated rings. The van der Waals surface area contributed by atoms with Crippen molar-refractivity contribution >= 4 is 0 Å². The van der Waals surface area contributed by atoms with Crippen molar-refractivity contribution < 1.29 is 4.74 Å². The van der Waals surface area contributed by atoms with Crippen LogP contribution in [-0.2, 0) is 4.74 Å². The van der Waals surface area contributed by atoms with Gasteiger partial charge in [0.15, 0.2) is 0 Å². The normalized spacial score (nSPS) is 54.8. The van der Waals surface area contributed by atoms with Gasteiger partial charge in [0.2, 0.25) is 0 Å². The fourth-order valence-corrected chi connectivity index (χ4v) is 4.71. The summed E-state index contributed by atoms with van der Waals surface area (Å²) in [6.45, 7) is 6.14. The van der Waals surface area contributed by atoms with E-state index in [9.17, 15) is 0 Å². The zero-order chi connectivity index (χ0) is 10.5. The second-order valence-electron chi connectivity index (χ2n) is 6.49. The molecular weight excluding hydrogens is 184 g/mol. The molecule has 2 saturated carbocycles. The minimum absolute atomic E-state index is 0.491. The van der Waals surface area contributed by atoms with Crippen LogP contribution in [0.4, 0.5) is 0 Å². The van der Waals surface area contributed by atoms with Crippen molar-refractivity contribution in [3.05, 3.63) is 0 Å². The van der Waals surface area contributed by atoms with Crippen LogP contribution in [0.3, 0.4) is 0 Å². The first-order valence-corrected chi connectivity index (χ1v) is 6.78. The molecule has 0 spiro atoms. The second-order valence-corrected chi connectivity index (χ2v) is 6.49. The lowest BCUT2D eigenvalue weighted by Gasteiger charge is -2.58. The van der Waals surface area contributed by atoms with Gasteiger partial charge in [0, 0.05) is 0 Å². The standard InChI is InChI=1S/C14H24O/c1-13-9-5-6-11(13)10-15-12-7-3-4-8-14(12,13)2/h11-12H,3-10H2,1-2H3/t11-,12+,13-,14-/m0/s1. The summed E-state index contributed by atoms with van der Waals surface area (Å²) in [4.78, 5) is 0. The third-order valence-electron chi connectivity index (χ3n) is 6.08. The molecule has 0 bridgehead atoms. The Morgan fingerprint density at radius 1 is 0.933 bits per heavy atom. The molecule has 3 rings (SSSR count). The Morgan fingerprint density at radius 2 is 1.73 bits per heavy atom. The summed E-state index contributed by atoms with van der Waals surface area (Å²) in [5.41, 5.74) is 1.08.